The summed E-state index contributed by atoms with van der Waals surface area (Å²) in [6.07, 6.45) is 1.55. The minimum absolute atomic E-state index is 0.169. The van der Waals surface area contributed by atoms with Crippen molar-refractivity contribution < 1.29 is 9.72 Å². The Balaban J connectivity index is 2.67. The Hall–Kier alpha value is -3.14. The molecule has 0 radical (unpaired) electrons. The summed E-state index contributed by atoms with van der Waals surface area (Å²) in [5, 5.41) is 20.2. The molecule has 21 heavy (non-hydrogen) atoms. The predicted molar refractivity (Wildman–Crippen MR) is 75.2 cm³/mol. The minimum Gasteiger partial charge on any atom is -0.345 e. The van der Waals surface area contributed by atoms with Crippen molar-refractivity contribution in [3.63, 3.8) is 0 Å². The van der Waals surface area contributed by atoms with Crippen molar-refractivity contribution in [1.29, 1.82) is 5.26 Å². The summed E-state index contributed by atoms with van der Waals surface area (Å²) < 4.78 is 1.39. The Labute approximate surface area is 120 Å². The Morgan fingerprint density at radius 3 is 2.67 bits per heavy atom. The third kappa shape index (κ3) is 2.60. The molecule has 2 rings (SSSR count). The molecule has 0 N–H and O–H groups in total. The highest BCUT2D eigenvalue weighted by Crippen LogP contribution is 2.26. The van der Waals surface area contributed by atoms with Gasteiger partial charge in [0.2, 0.25) is 0 Å². The fraction of sp³-hybridized carbons (Fsp3) is 0.143. The zero-order valence-corrected chi connectivity index (χ0v) is 11.5. The monoisotopic (exact) mass is 284 g/mol. The van der Waals surface area contributed by atoms with Crippen molar-refractivity contribution in [1.82, 2.24) is 9.47 Å². The highest BCUT2D eigenvalue weighted by atomic mass is 16.6. The first kappa shape index (κ1) is 14.3. The van der Waals surface area contributed by atoms with E-state index in [1.165, 1.54) is 27.7 Å². The number of aromatic nitrogens is 1. The van der Waals surface area contributed by atoms with E-state index in [1.807, 2.05) is 6.07 Å². The molecule has 0 saturated heterocycles. The van der Waals surface area contributed by atoms with Gasteiger partial charge >= 0.3 is 0 Å². The van der Waals surface area contributed by atoms with E-state index in [1.54, 1.807) is 32.4 Å². The molecule has 0 aliphatic rings. The molecule has 0 aliphatic heterocycles. The van der Waals surface area contributed by atoms with Gasteiger partial charge in [-0.1, -0.05) is 0 Å². The summed E-state index contributed by atoms with van der Waals surface area (Å²) in [6, 6.07) is 9.21. The second-order valence-corrected chi connectivity index (χ2v) is 4.54. The average Bonchev–Trinajstić information content (AvgIpc) is 2.93. The van der Waals surface area contributed by atoms with E-state index in [0.717, 1.165) is 0 Å². The topological polar surface area (TPSA) is 92.2 Å². The van der Waals surface area contributed by atoms with Crippen molar-refractivity contribution in [3.05, 3.63) is 57.9 Å². The van der Waals surface area contributed by atoms with Crippen LogP contribution in [0.25, 0.3) is 5.69 Å². The number of nitrogens with zero attached hydrogens (tertiary/aromatic N) is 4. The zero-order valence-electron chi connectivity index (χ0n) is 11.5. The Morgan fingerprint density at radius 2 is 2.10 bits per heavy atom. The summed E-state index contributed by atoms with van der Waals surface area (Å²) in [5.41, 5.74) is 0.595. The SMILES string of the molecule is CN(C)C(=O)c1ccc([N+](=O)[O-])c(-n2cccc2C#N)c1. The highest BCUT2D eigenvalue weighted by Gasteiger charge is 2.20. The van der Waals surface area contributed by atoms with Crippen LogP contribution in [-0.4, -0.2) is 34.4 Å². The van der Waals surface area contributed by atoms with Gasteiger partial charge in [-0.3, -0.25) is 14.9 Å². The van der Waals surface area contributed by atoms with Crippen molar-refractivity contribution in [3.8, 4) is 11.8 Å². The summed E-state index contributed by atoms with van der Waals surface area (Å²) in [4.78, 5) is 24.0. The fourth-order valence-electron chi connectivity index (χ4n) is 1.94. The number of carbonyl (C=O) groups is 1. The lowest BCUT2D eigenvalue weighted by Gasteiger charge is -2.12. The normalized spacial score (nSPS) is 9.95. The second-order valence-electron chi connectivity index (χ2n) is 4.54. The van der Waals surface area contributed by atoms with E-state index in [9.17, 15) is 14.9 Å². The molecule has 2 aromatic rings. The zero-order chi connectivity index (χ0) is 15.6. The highest BCUT2D eigenvalue weighted by molar-refractivity contribution is 5.95. The Bertz CT molecular complexity index is 756. The predicted octanol–water partition coefficient (Wildman–Crippen LogP) is 1.96. The molecule has 0 fully saturated rings. The van der Waals surface area contributed by atoms with Crippen LogP contribution in [-0.2, 0) is 0 Å². The molecule has 0 bridgehead atoms. The first-order chi connectivity index (χ1) is 9.95. The van der Waals surface area contributed by atoms with Crippen LogP contribution in [0.1, 0.15) is 16.1 Å². The molecule has 1 aromatic carbocycles. The molecule has 106 valence electrons. The number of benzene rings is 1. The van der Waals surface area contributed by atoms with Crippen LogP contribution < -0.4 is 0 Å². The van der Waals surface area contributed by atoms with Gasteiger partial charge in [-0.15, -0.1) is 0 Å². The van der Waals surface area contributed by atoms with E-state index in [0.29, 0.717) is 5.56 Å². The third-order valence-corrected chi connectivity index (χ3v) is 2.95. The van der Waals surface area contributed by atoms with Crippen LogP contribution in [0.2, 0.25) is 0 Å². The summed E-state index contributed by atoms with van der Waals surface area (Å²) >= 11 is 0. The summed E-state index contributed by atoms with van der Waals surface area (Å²) in [5.74, 6) is -0.267. The number of carbonyl (C=O) groups excluding carboxylic acids is 1. The molecule has 0 saturated carbocycles. The summed E-state index contributed by atoms with van der Waals surface area (Å²) in [6.45, 7) is 0. The van der Waals surface area contributed by atoms with Crippen LogP contribution in [0.15, 0.2) is 36.5 Å². The van der Waals surface area contributed by atoms with Gasteiger partial charge in [0.25, 0.3) is 11.6 Å². The van der Waals surface area contributed by atoms with Gasteiger partial charge < -0.3 is 9.47 Å². The van der Waals surface area contributed by atoms with Crippen LogP contribution in [0, 0.1) is 21.4 Å². The van der Waals surface area contributed by atoms with Crippen molar-refractivity contribution in [2.75, 3.05) is 14.1 Å². The van der Waals surface area contributed by atoms with Crippen molar-refractivity contribution in [2.45, 2.75) is 0 Å². The number of amides is 1. The number of nitro groups is 1. The first-order valence-corrected chi connectivity index (χ1v) is 6.03. The lowest BCUT2D eigenvalue weighted by molar-refractivity contribution is -0.384. The van der Waals surface area contributed by atoms with Gasteiger partial charge in [-0.05, 0) is 24.3 Å². The maximum Gasteiger partial charge on any atom is 0.293 e. The standard InChI is InChI=1S/C14H12N4O3/c1-16(2)14(19)10-5-6-12(18(20)21)13(8-10)17-7-3-4-11(17)9-15/h3-8H,1-2H3. The van der Waals surface area contributed by atoms with Gasteiger partial charge in [0.1, 0.15) is 17.5 Å². The molecule has 0 aliphatic carbocycles. The van der Waals surface area contributed by atoms with Gasteiger partial charge in [-0.25, -0.2) is 0 Å². The van der Waals surface area contributed by atoms with Gasteiger partial charge in [-0.2, -0.15) is 5.26 Å². The largest absolute Gasteiger partial charge is 0.345 e. The maximum atomic E-state index is 12.0. The molecule has 1 amide bonds. The van der Waals surface area contributed by atoms with Crippen LogP contribution >= 0.6 is 0 Å². The van der Waals surface area contributed by atoms with E-state index in [-0.39, 0.29) is 23.0 Å². The number of nitro benzene ring substituents is 1. The Morgan fingerprint density at radius 1 is 1.38 bits per heavy atom. The van der Waals surface area contributed by atoms with E-state index in [4.69, 9.17) is 5.26 Å². The first-order valence-electron chi connectivity index (χ1n) is 6.03. The maximum absolute atomic E-state index is 12.0. The Kier molecular flexibility index (Phi) is 3.71. The van der Waals surface area contributed by atoms with E-state index < -0.39 is 4.92 Å². The lowest BCUT2D eigenvalue weighted by Crippen LogP contribution is -2.22. The third-order valence-electron chi connectivity index (χ3n) is 2.95. The molecule has 0 spiro atoms. The molecule has 0 atom stereocenters. The van der Waals surface area contributed by atoms with Crippen LogP contribution in [0.4, 0.5) is 5.69 Å². The van der Waals surface area contributed by atoms with Crippen molar-refractivity contribution in [2.24, 2.45) is 0 Å². The molecule has 1 heterocycles. The molecule has 7 nitrogen and oxygen atoms in total. The summed E-state index contributed by atoms with van der Waals surface area (Å²) in [7, 11) is 3.19. The number of hydrogen-bond acceptors (Lipinski definition) is 4. The van der Waals surface area contributed by atoms with Gasteiger partial charge in [0.15, 0.2) is 0 Å². The molecular weight excluding hydrogens is 272 g/mol. The molecule has 0 unspecified atom stereocenters. The van der Waals surface area contributed by atoms with E-state index in [2.05, 4.69) is 0 Å². The molecule has 7 heteroatoms. The average molecular weight is 284 g/mol. The van der Waals surface area contributed by atoms with Crippen LogP contribution in [0.5, 0.6) is 0 Å². The number of nitriles is 1. The quantitative estimate of drug-likeness (QED) is 0.636. The van der Waals surface area contributed by atoms with E-state index >= 15 is 0 Å². The second kappa shape index (κ2) is 5.46. The fourth-order valence-corrected chi connectivity index (χ4v) is 1.94. The van der Waals surface area contributed by atoms with Gasteiger partial charge in [0.05, 0.1) is 4.92 Å². The minimum atomic E-state index is -0.541. The molecular formula is C14H12N4O3. The number of hydrogen-bond donors (Lipinski definition) is 0. The smallest absolute Gasteiger partial charge is 0.293 e. The lowest BCUT2D eigenvalue weighted by atomic mass is 10.1. The van der Waals surface area contributed by atoms with Crippen LogP contribution in [0.3, 0.4) is 0 Å². The number of rotatable bonds is 3. The van der Waals surface area contributed by atoms with Gasteiger partial charge in [0, 0.05) is 31.9 Å². The molecule has 1 aromatic heterocycles. The van der Waals surface area contributed by atoms with Crippen molar-refractivity contribution >= 4 is 11.6 Å².